The molecule has 0 aromatic carbocycles. The highest BCUT2D eigenvalue weighted by molar-refractivity contribution is 4.78. The van der Waals surface area contributed by atoms with Crippen LogP contribution in [0.2, 0.25) is 0 Å². The molecule has 0 aromatic heterocycles. The van der Waals surface area contributed by atoms with E-state index >= 15 is 0 Å². The highest BCUT2D eigenvalue weighted by Crippen LogP contribution is 2.02. The van der Waals surface area contributed by atoms with Crippen LogP contribution in [0.5, 0.6) is 0 Å². The van der Waals surface area contributed by atoms with Crippen LogP contribution in [0.1, 0.15) is 27.7 Å². The summed E-state index contributed by atoms with van der Waals surface area (Å²) in [7, 11) is 0. The lowest BCUT2D eigenvalue weighted by molar-refractivity contribution is 0.200. The Morgan fingerprint density at radius 3 is 1.33 bits per heavy atom. The third-order valence-electron chi connectivity index (χ3n) is 2.75. The van der Waals surface area contributed by atoms with Crippen LogP contribution < -0.4 is 0 Å². The predicted octanol–water partition coefficient (Wildman–Crippen LogP) is 3.27. The maximum Gasteiger partial charge on any atom is 0.0161 e. The molecule has 0 unspecified atom stereocenters. The summed E-state index contributed by atoms with van der Waals surface area (Å²) in [6.07, 6.45) is 4.01. The van der Waals surface area contributed by atoms with Crippen molar-refractivity contribution in [1.82, 2.24) is 9.80 Å². The van der Waals surface area contributed by atoms with Crippen molar-refractivity contribution in [2.24, 2.45) is 11.8 Å². The molecule has 18 heavy (non-hydrogen) atoms. The first-order chi connectivity index (χ1) is 8.49. The maximum absolute atomic E-state index is 3.85. The van der Waals surface area contributed by atoms with Gasteiger partial charge in [0, 0.05) is 39.3 Å². The summed E-state index contributed by atoms with van der Waals surface area (Å²) in [5.74, 6) is 1.42. The van der Waals surface area contributed by atoms with Gasteiger partial charge in [0.25, 0.3) is 0 Å². The minimum atomic E-state index is 0.711. The van der Waals surface area contributed by atoms with Gasteiger partial charge in [-0.3, -0.25) is 9.80 Å². The standard InChI is InChI=1S/C16H32N2/c1-7-9-17(13-15(3)4)11-12-18(10-8-2)14-16(5)6/h7-8,15-16H,1-2,9-14H2,3-6H3. The van der Waals surface area contributed by atoms with E-state index in [4.69, 9.17) is 0 Å². The summed E-state index contributed by atoms with van der Waals surface area (Å²) in [6.45, 7) is 23.3. The Balaban J connectivity index is 4.16. The van der Waals surface area contributed by atoms with Gasteiger partial charge in [-0.05, 0) is 11.8 Å². The summed E-state index contributed by atoms with van der Waals surface area (Å²) in [6, 6.07) is 0. The lowest BCUT2D eigenvalue weighted by Crippen LogP contribution is -2.38. The lowest BCUT2D eigenvalue weighted by atomic mass is 10.2. The van der Waals surface area contributed by atoms with E-state index in [1.165, 1.54) is 0 Å². The van der Waals surface area contributed by atoms with Crippen molar-refractivity contribution in [2.45, 2.75) is 27.7 Å². The summed E-state index contributed by atoms with van der Waals surface area (Å²) in [5.41, 5.74) is 0. The van der Waals surface area contributed by atoms with Crippen molar-refractivity contribution in [3.05, 3.63) is 25.3 Å². The fraction of sp³-hybridized carbons (Fsp3) is 0.750. The highest BCUT2D eigenvalue weighted by atomic mass is 15.2. The molecule has 0 fully saturated rings. The van der Waals surface area contributed by atoms with Gasteiger partial charge in [-0.2, -0.15) is 0 Å². The second-order valence-electron chi connectivity index (χ2n) is 5.88. The number of hydrogen-bond donors (Lipinski definition) is 0. The summed E-state index contributed by atoms with van der Waals surface area (Å²) >= 11 is 0. The van der Waals surface area contributed by atoms with E-state index in [1.807, 2.05) is 12.2 Å². The van der Waals surface area contributed by atoms with Crippen molar-refractivity contribution in [2.75, 3.05) is 39.3 Å². The number of hydrogen-bond acceptors (Lipinski definition) is 2. The molecular weight excluding hydrogens is 220 g/mol. The fourth-order valence-electron chi connectivity index (χ4n) is 2.20. The van der Waals surface area contributed by atoms with Crippen LogP contribution >= 0.6 is 0 Å². The molecule has 0 saturated heterocycles. The SMILES string of the molecule is C=CCN(CCN(CC=C)CC(C)C)CC(C)C. The molecule has 0 rings (SSSR count). The van der Waals surface area contributed by atoms with Crippen molar-refractivity contribution >= 4 is 0 Å². The van der Waals surface area contributed by atoms with Crippen LogP contribution in [-0.2, 0) is 0 Å². The van der Waals surface area contributed by atoms with Crippen LogP contribution in [0.25, 0.3) is 0 Å². The van der Waals surface area contributed by atoms with Crippen LogP contribution in [0.15, 0.2) is 25.3 Å². The second-order valence-corrected chi connectivity index (χ2v) is 5.88. The molecule has 0 bridgehead atoms. The molecule has 0 aromatic rings. The van der Waals surface area contributed by atoms with Crippen molar-refractivity contribution < 1.29 is 0 Å². The Morgan fingerprint density at radius 2 is 1.11 bits per heavy atom. The van der Waals surface area contributed by atoms with Gasteiger partial charge < -0.3 is 0 Å². The Kier molecular flexibility index (Phi) is 9.99. The van der Waals surface area contributed by atoms with Gasteiger partial charge in [0.05, 0.1) is 0 Å². The second kappa shape index (κ2) is 10.3. The first kappa shape index (κ1) is 17.4. The summed E-state index contributed by atoms with van der Waals surface area (Å²) in [4.78, 5) is 4.96. The molecule has 0 N–H and O–H groups in total. The van der Waals surface area contributed by atoms with E-state index in [-0.39, 0.29) is 0 Å². The first-order valence-electron chi connectivity index (χ1n) is 7.16. The van der Waals surface area contributed by atoms with Crippen molar-refractivity contribution in [3.8, 4) is 0 Å². The fourth-order valence-corrected chi connectivity index (χ4v) is 2.20. The Labute approximate surface area is 114 Å². The quantitative estimate of drug-likeness (QED) is 0.521. The largest absolute Gasteiger partial charge is 0.298 e. The summed E-state index contributed by atoms with van der Waals surface area (Å²) < 4.78 is 0. The topological polar surface area (TPSA) is 6.48 Å². The Bertz CT molecular complexity index is 197. The van der Waals surface area contributed by atoms with E-state index in [0.717, 1.165) is 39.3 Å². The zero-order valence-corrected chi connectivity index (χ0v) is 12.9. The van der Waals surface area contributed by atoms with Crippen molar-refractivity contribution in [1.29, 1.82) is 0 Å². The first-order valence-corrected chi connectivity index (χ1v) is 7.16. The van der Waals surface area contributed by atoms with E-state index in [0.29, 0.717) is 11.8 Å². The molecule has 0 heterocycles. The molecule has 0 radical (unpaired) electrons. The smallest absolute Gasteiger partial charge is 0.0161 e. The number of rotatable bonds is 11. The molecule has 0 amide bonds. The maximum atomic E-state index is 3.85. The zero-order valence-electron chi connectivity index (χ0n) is 12.9. The monoisotopic (exact) mass is 252 g/mol. The third-order valence-corrected chi connectivity index (χ3v) is 2.75. The molecular formula is C16H32N2. The third kappa shape index (κ3) is 9.43. The molecule has 106 valence electrons. The van der Waals surface area contributed by atoms with Gasteiger partial charge >= 0.3 is 0 Å². The molecule has 2 heteroatoms. The molecule has 0 aliphatic carbocycles. The van der Waals surface area contributed by atoms with Crippen LogP contribution in [0.3, 0.4) is 0 Å². The van der Waals surface area contributed by atoms with Gasteiger partial charge in [-0.1, -0.05) is 39.8 Å². The average Bonchev–Trinajstić information content (AvgIpc) is 2.24. The van der Waals surface area contributed by atoms with E-state index < -0.39 is 0 Å². The van der Waals surface area contributed by atoms with E-state index in [1.54, 1.807) is 0 Å². The minimum Gasteiger partial charge on any atom is -0.298 e. The Morgan fingerprint density at radius 1 is 0.778 bits per heavy atom. The van der Waals surface area contributed by atoms with E-state index in [9.17, 15) is 0 Å². The van der Waals surface area contributed by atoms with Crippen LogP contribution in [-0.4, -0.2) is 49.1 Å². The summed E-state index contributed by atoms with van der Waals surface area (Å²) in [5, 5.41) is 0. The van der Waals surface area contributed by atoms with Crippen molar-refractivity contribution in [3.63, 3.8) is 0 Å². The van der Waals surface area contributed by atoms with Gasteiger partial charge in [0.2, 0.25) is 0 Å². The lowest BCUT2D eigenvalue weighted by Gasteiger charge is -2.28. The van der Waals surface area contributed by atoms with Crippen LogP contribution in [0.4, 0.5) is 0 Å². The van der Waals surface area contributed by atoms with E-state index in [2.05, 4.69) is 50.7 Å². The molecule has 0 atom stereocenters. The molecule has 2 nitrogen and oxygen atoms in total. The minimum absolute atomic E-state index is 0.711. The normalized spacial score (nSPS) is 11.8. The average molecular weight is 252 g/mol. The highest BCUT2D eigenvalue weighted by Gasteiger charge is 2.10. The van der Waals surface area contributed by atoms with Gasteiger partial charge in [0.15, 0.2) is 0 Å². The molecule has 0 spiro atoms. The zero-order chi connectivity index (χ0) is 14.0. The van der Waals surface area contributed by atoms with Gasteiger partial charge in [-0.15, -0.1) is 13.2 Å². The molecule has 0 saturated carbocycles. The molecule has 0 aliphatic rings. The molecule has 0 aliphatic heterocycles. The Hall–Kier alpha value is -0.600. The van der Waals surface area contributed by atoms with Gasteiger partial charge in [0.1, 0.15) is 0 Å². The van der Waals surface area contributed by atoms with Gasteiger partial charge in [-0.25, -0.2) is 0 Å². The predicted molar refractivity (Wildman–Crippen MR) is 83.0 cm³/mol. The van der Waals surface area contributed by atoms with Crippen LogP contribution in [0, 0.1) is 11.8 Å². The number of nitrogens with zero attached hydrogens (tertiary/aromatic N) is 2.